The second-order valence-electron chi connectivity index (χ2n) is 1.85. The quantitative estimate of drug-likeness (QED) is 0.470. The molecule has 1 saturated heterocycles. The molecule has 1 aliphatic heterocycles. The van der Waals surface area contributed by atoms with Crippen LogP contribution >= 0.6 is 0 Å². The van der Waals surface area contributed by atoms with Gasteiger partial charge in [-0.3, -0.25) is 9.98 Å². The minimum absolute atomic E-state index is 0.243. The zero-order valence-corrected chi connectivity index (χ0v) is 6.94. The van der Waals surface area contributed by atoms with Crippen LogP contribution in [0.2, 0.25) is 0 Å². The van der Waals surface area contributed by atoms with Crippen molar-refractivity contribution in [2.45, 2.75) is 0 Å². The minimum Gasteiger partial charge on any atom is -0.268 e. The van der Waals surface area contributed by atoms with E-state index in [4.69, 9.17) is 0 Å². The van der Waals surface area contributed by atoms with E-state index in [0.717, 1.165) is 0 Å². The summed E-state index contributed by atoms with van der Waals surface area (Å²) in [4.78, 5) is 7.34. The fraction of sp³-hybridized carbons (Fsp3) is 0.500. The third-order valence-electron chi connectivity index (χ3n) is 1.13. The van der Waals surface area contributed by atoms with Crippen LogP contribution in [0.1, 0.15) is 0 Å². The molecule has 0 aromatic rings. The van der Waals surface area contributed by atoms with Crippen molar-refractivity contribution in [3.8, 4) is 0 Å². The van der Waals surface area contributed by atoms with Gasteiger partial charge in [0.25, 0.3) is 0 Å². The van der Waals surface area contributed by atoms with Gasteiger partial charge in [-0.25, -0.2) is 9.44 Å². The summed E-state index contributed by atoms with van der Waals surface area (Å²) in [6.07, 6.45) is 0. The van der Waals surface area contributed by atoms with E-state index in [0.29, 0.717) is 0 Å². The van der Waals surface area contributed by atoms with Gasteiger partial charge < -0.3 is 0 Å². The first-order chi connectivity index (χ1) is 5.09. The number of aliphatic imine (C=N–C) groups is 2. The molecule has 0 aromatic carbocycles. The molecule has 0 saturated carbocycles. The lowest BCUT2D eigenvalue weighted by molar-refractivity contribution is 0.591. The van der Waals surface area contributed by atoms with Crippen molar-refractivity contribution in [3.63, 3.8) is 0 Å². The summed E-state index contributed by atoms with van der Waals surface area (Å²) in [5.41, 5.74) is 0. The van der Waals surface area contributed by atoms with Crippen LogP contribution < -0.4 is 9.44 Å². The molecule has 0 unspecified atom stereocenters. The molecule has 0 atom stereocenters. The summed E-state index contributed by atoms with van der Waals surface area (Å²) in [5, 5.41) is 0. The summed E-state index contributed by atoms with van der Waals surface area (Å²) < 4.78 is 25.9. The van der Waals surface area contributed by atoms with E-state index in [1.807, 2.05) is 0 Å². The molecule has 0 radical (unpaired) electrons. The number of nitrogens with zero attached hydrogens (tertiary/aromatic N) is 2. The van der Waals surface area contributed by atoms with Crippen molar-refractivity contribution >= 4 is 21.9 Å². The van der Waals surface area contributed by atoms with Gasteiger partial charge in [-0.1, -0.05) is 0 Å². The number of hydrogen-bond donors (Lipinski definition) is 2. The molecule has 0 spiro atoms. The Hall–Kier alpha value is -1.11. The van der Waals surface area contributed by atoms with Crippen LogP contribution in [0.3, 0.4) is 0 Å². The van der Waals surface area contributed by atoms with Crippen LogP contribution in [0.4, 0.5) is 0 Å². The summed E-state index contributed by atoms with van der Waals surface area (Å²) in [6, 6.07) is 0. The lowest BCUT2D eigenvalue weighted by Crippen LogP contribution is -2.24. The zero-order chi connectivity index (χ0) is 8.48. The Morgan fingerprint density at radius 3 is 1.73 bits per heavy atom. The van der Waals surface area contributed by atoms with Gasteiger partial charge in [-0.2, -0.15) is 8.42 Å². The van der Waals surface area contributed by atoms with Crippen molar-refractivity contribution in [2.24, 2.45) is 9.98 Å². The van der Waals surface area contributed by atoms with E-state index in [-0.39, 0.29) is 11.7 Å². The molecule has 2 N–H and O–H groups in total. The maximum absolute atomic E-state index is 10.8. The van der Waals surface area contributed by atoms with Gasteiger partial charge in [0.05, 0.1) is 0 Å². The van der Waals surface area contributed by atoms with E-state index >= 15 is 0 Å². The molecule has 11 heavy (non-hydrogen) atoms. The maximum Gasteiger partial charge on any atom is 0.324 e. The van der Waals surface area contributed by atoms with Crippen molar-refractivity contribution in [3.05, 3.63) is 0 Å². The van der Waals surface area contributed by atoms with Gasteiger partial charge >= 0.3 is 10.2 Å². The summed E-state index contributed by atoms with van der Waals surface area (Å²) in [7, 11) is -0.466. The second kappa shape index (κ2) is 2.50. The summed E-state index contributed by atoms with van der Waals surface area (Å²) in [5.74, 6) is 0.486. The fourth-order valence-electron chi connectivity index (χ4n) is 0.680. The highest BCUT2D eigenvalue weighted by Crippen LogP contribution is 1.92. The minimum atomic E-state index is -3.43. The Labute approximate surface area is 64.6 Å². The molecule has 0 bridgehead atoms. The highest BCUT2D eigenvalue weighted by atomic mass is 32.2. The maximum atomic E-state index is 10.8. The van der Waals surface area contributed by atoms with Crippen LogP contribution in [-0.2, 0) is 10.2 Å². The third-order valence-corrected chi connectivity index (χ3v) is 2.06. The van der Waals surface area contributed by atoms with Crippen molar-refractivity contribution in [1.82, 2.24) is 9.44 Å². The van der Waals surface area contributed by atoms with E-state index < -0.39 is 10.2 Å². The average molecular weight is 176 g/mol. The lowest BCUT2D eigenvalue weighted by atomic mass is 10.5. The predicted molar refractivity (Wildman–Crippen MR) is 41.9 cm³/mol. The SMILES string of the molecule is CN=C1NS(=O)(=O)NC1=NC. The Morgan fingerprint density at radius 1 is 1.09 bits per heavy atom. The predicted octanol–water partition coefficient (Wildman–Crippen LogP) is -1.52. The largest absolute Gasteiger partial charge is 0.324 e. The molecule has 62 valence electrons. The first-order valence-electron chi connectivity index (χ1n) is 2.83. The molecule has 0 aromatic heterocycles. The van der Waals surface area contributed by atoms with Crippen LogP contribution in [0, 0.1) is 0 Å². The van der Waals surface area contributed by atoms with E-state index in [1.165, 1.54) is 14.1 Å². The Balaban J connectivity index is 3.07. The van der Waals surface area contributed by atoms with E-state index in [2.05, 4.69) is 19.4 Å². The highest BCUT2D eigenvalue weighted by Gasteiger charge is 2.26. The van der Waals surface area contributed by atoms with Gasteiger partial charge in [0.2, 0.25) is 0 Å². The first-order valence-corrected chi connectivity index (χ1v) is 4.32. The lowest BCUT2D eigenvalue weighted by Gasteiger charge is -1.89. The number of rotatable bonds is 0. The molecule has 1 rings (SSSR count). The highest BCUT2D eigenvalue weighted by molar-refractivity contribution is 7.89. The molecule has 1 fully saturated rings. The second-order valence-corrected chi connectivity index (χ2v) is 3.27. The normalized spacial score (nSPS) is 28.5. The summed E-state index contributed by atoms with van der Waals surface area (Å²) in [6.45, 7) is 0. The Bertz CT molecular complexity index is 289. The topological polar surface area (TPSA) is 82.9 Å². The summed E-state index contributed by atoms with van der Waals surface area (Å²) >= 11 is 0. The standard InChI is InChI=1S/C4H8N4O2S/c1-5-3-4(6-2)8-11(9,10)7-3/h1-2H3,(H,5,7)(H,6,8). The van der Waals surface area contributed by atoms with Crippen LogP contribution in [0.5, 0.6) is 0 Å². The average Bonchev–Trinajstić information content (AvgIpc) is 2.25. The third kappa shape index (κ3) is 1.48. The number of amidine groups is 2. The van der Waals surface area contributed by atoms with Gasteiger partial charge in [-0.15, -0.1) is 0 Å². The van der Waals surface area contributed by atoms with Gasteiger partial charge in [0, 0.05) is 14.1 Å². The molecule has 7 heteroatoms. The van der Waals surface area contributed by atoms with Crippen molar-refractivity contribution in [1.29, 1.82) is 0 Å². The van der Waals surface area contributed by atoms with Crippen LogP contribution in [0.15, 0.2) is 9.98 Å². The molecule has 1 heterocycles. The fourth-order valence-corrected chi connectivity index (χ4v) is 1.62. The molecule has 0 aliphatic carbocycles. The van der Waals surface area contributed by atoms with Crippen molar-refractivity contribution in [2.75, 3.05) is 14.1 Å². The van der Waals surface area contributed by atoms with Crippen LogP contribution in [-0.4, -0.2) is 34.2 Å². The van der Waals surface area contributed by atoms with E-state index in [9.17, 15) is 8.42 Å². The molecule has 0 amide bonds. The molecule has 1 aliphatic rings. The van der Waals surface area contributed by atoms with E-state index in [1.54, 1.807) is 0 Å². The first kappa shape index (κ1) is 7.99. The van der Waals surface area contributed by atoms with Gasteiger partial charge in [0.15, 0.2) is 11.7 Å². The van der Waals surface area contributed by atoms with Gasteiger partial charge in [0.1, 0.15) is 0 Å². The Kier molecular flexibility index (Phi) is 1.81. The van der Waals surface area contributed by atoms with Gasteiger partial charge in [-0.05, 0) is 0 Å². The zero-order valence-electron chi connectivity index (χ0n) is 6.12. The molecular formula is C4H8N4O2S. The smallest absolute Gasteiger partial charge is 0.268 e. The monoisotopic (exact) mass is 176 g/mol. The molecular weight excluding hydrogens is 168 g/mol. The molecule has 6 nitrogen and oxygen atoms in total. The van der Waals surface area contributed by atoms with Crippen LogP contribution in [0.25, 0.3) is 0 Å². The Morgan fingerprint density at radius 2 is 1.45 bits per heavy atom. The number of nitrogens with one attached hydrogen (secondary N) is 2. The number of hydrogen-bond acceptors (Lipinski definition) is 4. The van der Waals surface area contributed by atoms with Crippen molar-refractivity contribution < 1.29 is 8.42 Å².